The fraction of sp³-hybridized carbons (Fsp3) is 0.556. The average Bonchev–Trinajstić information content (AvgIpc) is 3.91. The van der Waals surface area contributed by atoms with Crippen LogP contribution in [0.3, 0.4) is 0 Å². The van der Waals surface area contributed by atoms with Gasteiger partial charge in [0.25, 0.3) is 0 Å². The highest BCUT2D eigenvalue weighted by molar-refractivity contribution is 5.87. The summed E-state index contributed by atoms with van der Waals surface area (Å²) in [7, 11) is 2.57. The summed E-state index contributed by atoms with van der Waals surface area (Å²) < 4.78 is 9.52. The first-order valence-electron chi connectivity index (χ1n) is 17.3. The first-order valence-corrected chi connectivity index (χ1v) is 17.3. The van der Waals surface area contributed by atoms with Gasteiger partial charge in [0.05, 0.1) is 37.7 Å². The van der Waals surface area contributed by atoms with Crippen LogP contribution in [-0.4, -0.2) is 93.1 Å². The highest BCUT2D eigenvalue weighted by Gasteiger charge is 2.41. The molecule has 0 radical (unpaired) electrons. The number of hydrogen-bond acceptors (Lipinski definition) is 8. The van der Waals surface area contributed by atoms with E-state index in [1.807, 2.05) is 74.2 Å². The molecule has 0 aliphatic carbocycles. The Kier molecular flexibility index (Phi) is 11.2. The monoisotopic (exact) mass is 690 g/mol. The normalized spacial score (nSPS) is 21.7. The second-order valence-electron chi connectivity index (χ2n) is 14.3. The summed E-state index contributed by atoms with van der Waals surface area (Å²) in [4.78, 5) is 71.2. The lowest BCUT2D eigenvalue weighted by molar-refractivity contribution is -0.136. The molecule has 2 aliphatic heterocycles. The summed E-state index contributed by atoms with van der Waals surface area (Å²) in [5, 5.41) is 5.39. The molecule has 14 nitrogen and oxygen atoms in total. The molecule has 2 saturated heterocycles. The van der Waals surface area contributed by atoms with Gasteiger partial charge in [0.2, 0.25) is 11.8 Å². The topological polar surface area (TPSA) is 175 Å². The molecule has 1 aromatic carbocycles. The Morgan fingerprint density at radius 3 is 1.38 bits per heavy atom. The fourth-order valence-electron chi connectivity index (χ4n) is 6.98. The molecule has 0 bridgehead atoms. The zero-order valence-corrected chi connectivity index (χ0v) is 30.1. The molecule has 0 spiro atoms. The van der Waals surface area contributed by atoms with E-state index < -0.39 is 24.3 Å². The van der Waals surface area contributed by atoms with Crippen LogP contribution in [-0.2, 0) is 19.1 Å². The number of methoxy groups -OCH3 is 2. The van der Waals surface area contributed by atoms with E-state index in [0.717, 1.165) is 35.4 Å². The molecule has 0 saturated carbocycles. The smallest absolute Gasteiger partial charge is 0.407 e. The first kappa shape index (κ1) is 36.4. The summed E-state index contributed by atoms with van der Waals surface area (Å²) in [5.41, 5.74) is 3.32. The van der Waals surface area contributed by atoms with Crippen LogP contribution < -0.4 is 10.6 Å². The van der Waals surface area contributed by atoms with Crippen molar-refractivity contribution in [1.29, 1.82) is 0 Å². The second-order valence-corrected chi connectivity index (χ2v) is 14.3. The van der Waals surface area contributed by atoms with Gasteiger partial charge < -0.3 is 39.9 Å². The molecular formula is C36H50N8O6. The molecule has 4 N–H and O–H groups in total. The minimum atomic E-state index is -0.707. The fourth-order valence-corrected chi connectivity index (χ4v) is 6.98. The highest BCUT2D eigenvalue weighted by atomic mass is 16.5. The summed E-state index contributed by atoms with van der Waals surface area (Å²) >= 11 is 0. The van der Waals surface area contributed by atoms with Crippen molar-refractivity contribution in [3.05, 3.63) is 48.3 Å². The Balaban J connectivity index is 1.30. The largest absolute Gasteiger partial charge is 0.453 e. The third-order valence-electron chi connectivity index (χ3n) is 9.67. The van der Waals surface area contributed by atoms with Crippen LogP contribution in [0.5, 0.6) is 0 Å². The molecule has 3 aromatic rings. The zero-order valence-electron chi connectivity index (χ0n) is 30.1. The van der Waals surface area contributed by atoms with Crippen LogP contribution in [0.4, 0.5) is 9.59 Å². The third kappa shape index (κ3) is 7.79. The van der Waals surface area contributed by atoms with Crippen molar-refractivity contribution in [3.8, 4) is 22.5 Å². The first-order chi connectivity index (χ1) is 23.8. The number of aromatic amines is 2. The Morgan fingerprint density at radius 1 is 0.700 bits per heavy atom. The lowest BCUT2D eigenvalue weighted by Crippen LogP contribution is -2.51. The number of ether oxygens (including phenoxy) is 2. The number of benzene rings is 1. The summed E-state index contributed by atoms with van der Waals surface area (Å²) in [5.74, 6) is 1.39. The number of nitrogens with one attached hydrogen (secondary N) is 4. The van der Waals surface area contributed by atoms with E-state index in [0.29, 0.717) is 24.7 Å². The number of imidazole rings is 2. The van der Waals surface area contributed by atoms with Gasteiger partial charge in [-0.2, -0.15) is 0 Å². The molecule has 4 heterocycles. The van der Waals surface area contributed by atoms with Crippen molar-refractivity contribution >= 4 is 24.0 Å². The summed E-state index contributed by atoms with van der Waals surface area (Å²) in [6.07, 6.45) is 3.94. The molecule has 5 rings (SSSR count). The molecule has 0 unspecified atom stereocenters. The number of amides is 4. The lowest BCUT2D eigenvalue weighted by Gasteiger charge is -2.30. The van der Waals surface area contributed by atoms with Gasteiger partial charge in [-0.15, -0.1) is 0 Å². The van der Waals surface area contributed by atoms with Gasteiger partial charge in [-0.1, -0.05) is 65.8 Å². The van der Waals surface area contributed by atoms with Crippen molar-refractivity contribution in [3.63, 3.8) is 0 Å². The Bertz CT molecular complexity index is 1550. The zero-order chi connectivity index (χ0) is 36.3. The van der Waals surface area contributed by atoms with Crippen molar-refractivity contribution in [1.82, 2.24) is 40.4 Å². The molecule has 270 valence electrons. The van der Waals surface area contributed by atoms with Crippen molar-refractivity contribution in [2.45, 2.75) is 78.6 Å². The number of alkyl carbamates (subject to hydrolysis) is 2. The predicted molar refractivity (Wildman–Crippen MR) is 186 cm³/mol. The van der Waals surface area contributed by atoms with Gasteiger partial charge in [0, 0.05) is 36.6 Å². The minimum Gasteiger partial charge on any atom is -0.453 e. The van der Waals surface area contributed by atoms with Crippen LogP contribution >= 0.6 is 0 Å². The van der Waals surface area contributed by atoms with Crippen LogP contribution in [0.15, 0.2) is 36.7 Å². The number of carbonyl (C=O) groups is 4. The third-order valence-corrected chi connectivity index (χ3v) is 9.67. The number of likely N-dealkylation sites (tertiary alicyclic amines) is 2. The average molecular weight is 691 g/mol. The molecule has 50 heavy (non-hydrogen) atoms. The van der Waals surface area contributed by atoms with Gasteiger partial charge in [0.15, 0.2) is 0 Å². The number of nitrogens with zero attached hydrogens (tertiary/aromatic N) is 4. The van der Waals surface area contributed by atoms with Crippen molar-refractivity contribution < 1.29 is 28.7 Å². The standard InChI is InChI=1S/C36H50N8O6/c1-19(2)29(41-35(47)49-7)33(45)43-17-21(5)13-27(43)31-37-15-25(39-31)23-9-11-24(12-10-23)26-16-38-32(40-26)28-14-22(6)18-44(28)34(46)30(20(3)4)42-36(48)50-8/h9-12,15-16,19-22,27-30H,13-14,17-18H2,1-8H3,(H,37,39)(H,38,40)(H,41,47)(H,42,48)/t21-,22-,27+,28+,29+,30+/m1/s1. The van der Waals surface area contributed by atoms with E-state index in [4.69, 9.17) is 19.4 Å². The minimum absolute atomic E-state index is 0.120. The molecule has 4 amide bonds. The summed E-state index contributed by atoms with van der Waals surface area (Å²) in [6.45, 7) is 12.9. The predicted octanol–water partition coefficient (Wildman–Crippen LogP) is 5.05. The number of hydrogen-bond donors (Lipinski definition) is 4. The Labute approximate surface area is 293 Å². The van der Waals surface area contributed by atoms with E-state index in [-0.39, 0.29) is 47.6 Å². The second kappa shape index (κ2) is 15.3. The SMILES string of the molecule is COC(=O)N[C@H](C(=O)N1C[C@H](C)C[C@H]1c1nc(-c2ccc(-c3c[nH]c([C@@H]4C[C@@H](C)CN4C(=O)[C@@H](NC(=O)OC)C(C)C)n3)cc2)c[nH]1)C(C)C. The van der Waals surface area contributed by atoms with Crippen LogP contribution in [0.2, 0.25) is 0 Å². The van der Waals surface area contributed by atoms with Crippen molar-refractivity contribution in [2.24, 2.45) is 23.7 Å². The quantitative estimate of drug-likeness (QED) is 0.229. The van der Waals surface area contributed by atoms with E-state index in [2.05, 4.69) is 34.4 Å². The van der Waals surface area contributed by atoms with E-state index in [1.54, 1.807) is 0 Å². The molecular weight excluding hydrogens is 640 g/mol. The highest BCUT2D eigenvalue weighted by Crippen LogP contribution is 2.37. The maximum atomic E-state index is 13.6. The Hall–Kier alpha value is -4.88. The molecule has 14 heteroatoms. The molecule has 2 aliphatic rings. The number of rotatable bonds is 10. The van der Waals surface area contributed by atoms with Crippen LogP contribution in [0, 0.1) is 23.7 Å². The summed E-state index contributed by atoms with van der Waals surface area (Å²) in [6, 6.07) is 6.03. The molecule has 6 atom stereocenters. The number of carbonyl (C=O) groups excluding carboxylic acids is 4. The van der Waals surface area contributed by atoms with Gasteiger partial charge in [0.1, 0.15) is 23.7 Å². The number of aromatic nitrogens is 4. The van der Waals surface area contributed by atoms with Crippen molar-refractivity contribution in [2.75, 3.05) is 27.3 Å². The van der Waals surface area contributed by atoms with Gasteiger partial charge in [-0.25, -0.2) is 19.6 Å². The van der Waals surface area contributed by atoms with E-state index in [1.165, 1.54) is 14.2 Å². The van der Waals surface area contributed by atoms with Gasteiger partial charge in [-0.05, 0) is 36.5 Å². The van der Waals surface area contributed by atoms with Gasteiger partial charge >= 0.3 is 12.2 Å². The van der Waals surface area contributed by atoms with Crippen LogP contribution in [0.1, 0.15) is 78.1 Å². The maximum absolute atomic E-state index is 13.6. The van der Waals surface area contributed by atoms with E-state index in [9.17, 15) is 19.2 Å². The van der Waals surface area contributed by atoms with Gasteiger partial charge in [-0.3, -0.25) is 9.59 Å². The molecule has 2 fully saturated rings. The Morgan fingerprint density at radius 2 is 1.06 bits per heavy atom. The lowest BCUT2D eigenvalue weighted by atomic mass is 10.0. The maximum Gasteiger partial charge on any atom is 0.407 e. The van der Waals surface area contributed by atoms with Crippen LogP contribution in [0.25, 0.3) is 22.5 Å². The van der Waals surface area contributed by atoms with E-state index >= 15 is 0 Å². The molecule has 2 aromatic heterocycles. The number of H-pyrrole nitrogens is 2.